The second kappa shape index (κ2) is 8.64. The average molecular weight is 218 g/mol. The summed E-state index contributed by atoms with van der Waals surface area (Å²) in [5.74, 6) is -0.379. The van der Waals surface area contributed by atoms with Crippen LogP contribution >= 0.6 is 0 Å². The van der Waals surface area contributed by atoms with Gasteiger partial charge < -0.3 is 20.5 Å². The normalized spacial score (nSPS) is 13.1. The summed E-state index contributed by atoms with van der Waals surface area (Å²) in [6, 6.07) is -0.197. The van der Waals surface area contributed by atoms with Crippen molar-refractivity contribution in [2.24, 2.45) is 5.73 Å². The number of ether oxygens (including phenoxy) is 2. The van der Waals surface area contributed by atoms with Gasteiger partial charge >= 0.3 is 0 Å². The third kappa shape index (κ3) is 8.35. The highest BCUT2D eigenvalue weighted by Crippen LogP contribution is 1.91. The SMILES string of the molecule is COCCCOCC(NC(C)C)C(N)=O. The summed E-state index contributed by atoms with van der Waals surface area (Å²) >= 11 is 0. The average Bonchev–Trinajstić information content (AvgIpc) is 2.15. The van der Waals surface area contributed by atoms with Gasteiger partial charge in [0.25, 0.3) is 0 Å². The number of nitrogens with one attached hydrogen (secondary N) is 1. The Balaban J connectivity index is 3.62. The lowest BCUT2D eigenvalue weighted by Crippen LogP contribution is -2.47. The smallest absolute Gasteiger partial charge is 0.236 e. The molecule has 0 fully saturated rings. The Bertz CT molecular complexity index is 174. The van der Waals surface area contributed by atoms with Gasteiger partial charge in [-0.3, -0.25) is 4.79 Å². The van der Waals surface area contributed by atoms with Gasteiger partial charge in [0, 0.05) is 26.4 Å². The molecule has 1 atom stereocenters. The van der Waals surface area contributed by atoms with Gasteiger partial charge in [0.15, 0.2) is 0 Å². The van der Waals surface area contributed by atoms with E-state index in [1.807, 2.05) is 13.8 Å². The number of rotatable bonds is 9. The molecule has 0 bridgehead atoms. The zero-order valence-corrected chi connectivity index (χ0v) is 9.79. The molecule has 3 N–H and O–H groups in total. The summed E-state index contributed by atoms with van der Waals surface area (Å²) in [6.07, 6.45) is 0.823. The van der Waals surface area contributed by atoms with Gasteiger partial charge in [-0.05, 0) is 6.42 Å². The number of amides is 1. The third-order valence-electron chi connectivity index (χ3n) is 1.80. The molecule has 0 aliphatic heterocycles. The summed E-state index contributed by atoms with van der Waals surface area (Å²) in [5.41, 5.74) is 5.22. The van der Waals surface area contributed by atoms with Gasteiger partial charge in [-0.25, -0.2) is 0 Å². The van der Waals surface area contributed by atoms with Gasteiger partial charge in [0.05, 0.1) is 6.61 Å². The van der Waals surface area contributed by atoms with Crippen molar-refractivity contribution in [3.05, 3.63) is 0 Å². The highest BCUT2D eigenvalue weighted by Gasteiger charge is 2.15. The molecule has 90 valence electrons. The molecule has 0 aromatic carbocycles. The Morgan fingerprint density at radius 3 is 2.53 bits per heavy atom. The number of carbonyl (C=O) groups is 1. The number of methoxy groups -OCH3 is 1. The molecule has 0 aromatic rings. The zero-order valence-electron chi connectivity index (χ0n) is 9.79. The number of hydrogen-bond acceptors (Lipinski definition) is 4. The number of hydrogen-bond donors (Lipinski definition) is 2. The van der Waals surface area contributed by atoms with Gasteiger partial charge in [-0.15, -0.1) is 0 Å². The minimum Gasteiger partial charge on any atom is -0.385 e. The molecular weight excluding hydrogens is 196 g/mol. The van der Waals surface area contributed by atoms with Crippen molar-refractivity contribution in [3.63, 3.8) is 0 Å². The molecule has 0 aliphatic carbocycles. The quantitative estimate of drug-likeness (QED) is 0.530. The molecule has 0 aliphatic rings. The Morgan fingerprint density at radius 2 is 2.07 bits per heavy atom. The summed E-state index contributed by atoms with van der Waals surface area (Å²) in [4.78, 5) is 11.0. The lowest BCUT2D eigenvalue weighted by Gasteiger charge is -2.18. The van der Waals surface area contributed by atoms with E-state index < -0.39 is 6.04 Å². The summed E-state index contributed by atoms with van der Waals surface area (Å²) in [5, 5.41) is 3.04. The Hall–Kier alpha value is -0.650. The van der Waals surface area contributed by atoms with Gasteiger partial charge in [-0.2, -0.15) is 0 Å². The fourth-order valence-corrected chi connectivity index (χ4v) is 1.12. The van der Waals surface area contributed by atoms with Crippen LogP contribution in [0.5, 0.6) is 0 Å². The fraction of sp³-hybridized carbons (Fsp3) is 0.900. The minimum absolute atomic E-state index is 0.213. The van der Waals surface area contributed by atoms with Crippen LogP contribution in [0.15, 0.2) is 0 Å². The largest absolute Gasteiger partial charge is 0.385 e. The molecule has 0 aromatic heterocycles. The maximum absolute atomic E-state index is 11.0. The van der Waals surface area contributed by atoms with E-state index in [0.717, 1.165) is 6.42 Å². The van der Waals surface area contributed by atoms with Crippen LogP contribution in [0.25, 0.3) is 0 Å². The van der Waals surface area contributed by atoms with E-state index >= 15 is 0 Å². The molecule has 15 heavy (non-hydrogen) atoms. The highest BCUT2D eigenvalue weighted by molar-refractivity contribution is 5.80. The van der Waals surface area contributed by atoms with Crippen LogP contribution in [0.1, 0.15) is 20.3 Å². The van der Waals surface area contributed by atoms with Crippen LogP contribution in [0.2, 0.25) is 0 Å². The maximum atomic E-state index is 11.0. The Morgan fingerprint density at radius 1 is 1.40 bits per heavy atom. The topological polar surface area (TPSA) is 73.6 Å². The molecule has 0 saturated heterocycles. The van der Waals surface area contributed by atoms with Crippen LogP contribution in [-0.2, 0) is 14.3 Å². The molecular formula is C10H22N2O3. The first-order chi connectivity index (χ1) is 7.07. The maximum Gasteiger partial charge on any atom is 0.236 e. The molecule has 5 heteroatoms. The van der Waals surface area contributed by atoms with E-state index in [1.54, 1.807) is 7.11 Å². The second-order valence-electron chi connectivity index (χ2n) is 3.70. The van der Waals surface area contributed by atoms with Gasteiger partial charge in [-0.1, -0.05) is 13.8 Å². The van der Waals surface area contributed by atoms with Crippen LogP contribution in [-0.4, -0.2) is 44.9 Å². The number of nitrogens with two attached hydrogens (primary N) is 1. The molecule has 0 spiro atoms. The van der Waals surface area contributed by atoms with E-state index in [2.05, 4.69) is 5.32 Å². The van der Waals surface area contributed by atoms with E-state index in [0.29, 0.717) is 19.8 Å². The Labute approximate surface area is 91.3 Å². The summed E-state index contributed by atoms with van der Waals surface area (Å²) in [7, 11) is 1.65. The van der Waals surface area contributed by atoms with Crippen molar-refractivity contribution in [3.8, 4) is 0 Å². The lowest BCUT2D eigenvalue weighted by molar-refractivity contribution is -0.121. The zero-order chi connectivity index (χ0) is 11.7. The van der Waals surface area contributed by atoms with Gasteiger partial charge in [0.2, 0.25) is 5.91 Å². The predicted octanol–water partition coefficient (Wildman–Crippen LogP) is -0.109. The first kappa shape index (κ1) is 14.3. The molecule has 0 rings (SSSR count). The first-order valence-electron chi connectivity index (χ1n) is 5.20. The second-order valence-corrected chi connectivity index (χ2v) is 3.70. The van der Waals surface area contributed by atoms with Crippen LogP contribution < -0.4 is 11.1 Å². The van der Waals surface area contributed by atoms with E-state index in [9.17, 15) is 4.79 Å². The molecule has 0 heterocycles. The van der Waals surface area contributed by atoms with Crippen LogP contribution in [0.4, 0.5) is 0 Å². The van der Waals surface area contributed by atoms with E-state index in [4.69, 9.17) is 15.2 Å². The Kier molecular flexibility index (Phi) is 8.27. The van der Waals surface area contributed by atoms with Crippen LogP contribution in [0, 0.1) is 0 Å². The molecule has 0 radical (unpaired) electrons. The standard InChI is InChI=1S/C10H22N2O3/c1-8(2)12-9(10(11)13)7-15-6-4-5-14-3/h8-9,12H,4-7H2,1-3H3,(H2,11,13). The lowest BCUT2D eigenvalue weighted by atomic mass is 10.2. The van der Waals surface area contributed by atoms with E-state index in [-0.39, 0.29) is 11.9 Å². The van der Waals surface area contributed by atoms with E-state index in [1.165, 1.54) is 0 Å². The van der Waals surface area contributed by atoms with Crippen molar-refractivity contribution in [2.75, 3.05) is 26.9 Å². The molecule has 0 saturated carbocycles. The summed E-state index contributed by atoms with van der Waals surface area (Å²) in [6.45, 7) is 5.48. The molecule has 5 nitrogen and oxygen atoms in total. The molecule has 1 unspecified atom stereocenters. The van der Waals surface area contributed by atoms with Crippen molar-refractivity contribution in [1.29, 1.82) is 0 Å². The minimum atomic E-state index is -0.410. The third-order valence-corrected chi connectivity index (χ3v) is 1.80. The monoisotopic (exact) mass is 218 g/mol. The van der Waals surface area contributed by atoms with Crippen molar-refractivity contribution >= 4 is 5.91 Å². The summed E-state index contributed by atoms with van der Waals surface area (Å²) < 4.78 is 10.2. The highest BCUT2D eigenvalue weighted by atomic mass is 16.5. The van der Waals surface area contributed by atoms with Gasteiger partial charge in [0.1, 0.15) is 6.04 Å². The molecule has 1 amide bonds. The van der Waals surface area contributed by atoms with Crippen molar-refractivity contribution in [2.45, 2.75) is 32.4 Å². The van der Waals surface area contributed by atoms with Crippen molar-refractivity contribution < 1.29 is 14.3 Å². The predicted molar refractivity (Wildman–Crippen MR) is 58.6 cm³/mol. The van der Waals surface area contributed by atoms with Crippen LogP contribution in [0.3, 0.4) is 0 Å². The van der Waals surface area contributed by atoms with Crippen molar-refractivity contribution in [1.82, 2.24) is 5.32 Å². The fourth-order valence-electron chi connectivity index (χ4n) is 1.12. The number of carbonyl (C=O) groups excluding carboxylic acids is 1. The number of primary amides is 1. The first-order valence-corrected chi connectivity index (χ1v) is 5.20.